The molecule has 3 aromatic heterocycles. The Balaban J connectivity index is 1.35. The zero-order valence-corrected chi connectivity index (χ0v) is 21.9. The molecule has 1 aliphatic heterocycles. The minimum atomic E-state index is -0.664. The Morgan fingerprint density at radius 1 is 1.05 bits per heavy atom. The number of nitrogens with one attached hydrogen (secondary N) is 1. The Bertz CT molecular complexity index is 1480. The number of likely N-dealkylation sites (N-methyl/N-ethyl adjacent to an activating group) is 1. The number of anilines is 2. The van der Waals surface area contributed by atoms with Crippen molar-refractivity contribution in [3.63, 3.8) is 0 Å². The molecule has 5 rings (SSSR count). The first-order valence-electron chi connectivity index (χ1n) is 12.7. The summed E-state index contributed by atoms with van der Waals surface area (Å²) in [6.45, 7) is 11.0. The molecule has 0 spiro atoms. The molecule has 1 amide bonds. The van der Waals surface area contributed by atoms with Crippen LogP contribution in [0.15, 0.2) is 36.7 Å². The number of rotatable bonds is 7. The van der Waals surface area contributed by atoms with Crippen LogP contribution in [-0.2, 0) is 11.3 Å². The molecule has 1 aliphatic rings. The highest BCUT2D eigenvalue weighted by molar-refractivity contribution is 5.83. The van der Waals surface area contributed by atoms with Gasteiger partial charge in [0, 0.05) is 44.0 Å². The van der Waals surface area contributed by atoms with Crippen LogP contribution in [0.5, 0.6) is 0 Å². The number of amides is 1. The fraction of sp³-hybridized carbons (Fsp3) is 0.370. The molecule has 38 heavy (non-hydrogen) atoms. The lowest BCUT2D eigenvalue weighted by Gasteiger charge is -2.33. The molecule has 1 N–H and O–H groups in total. The highest BCUT2D eigenvalue weighted by Gasteiger charge is 2.23. The van der Waals surface area contributed by atoms with Crippen LogP contribution in [0, 0.1) is 18.6 Å². The van der Waals surface area contributed by atoms with Gasteiger partial charge in [0.2, 0.25) is 11.9 Å². The zero-order valence-electron chi connectivity index (χ0n) is 21.9. The van der Waals surface area contributed by atoms with Gasteiger partial charge in [0.05, 0.1) is 18.3 Å². The third kappa shape index (κ3) is 5.06. The summed E-state index contributed by atoms with van der Waals surface area (Å²) in [7, 11) is 0. The number of pyridine rings is 1. The van der Waals surface area contributed by atoms with E-state index in [2.05, 4.69) is 30.2 Å². The van der Waals surface area contributed by atoms with Gasteiger partial charge in [-0.3, -0.25) is 9.69 Å². The van der Waals surface area contributed by atoms with Gasteiger partial charge in [-0.25, -0.2) is 28.7 Å². The van der Waals surface area contributed by atoms with E-state index in [9.17, 15) is 13.6 Å². The number of aryl methyl sites for hydroxylation is 1. The second-order valence-corrected chi connectivity index (χ2v) is 9.70. The lowest BCUT2D eigenvalue weighted by Crippen LogP contribution is -2.49. The number of fused-ring (bicyclic) bond motifs is 1. The first-order chi connectivity index (χ1) is 18.2. The molecule has 0 unspecified atom stereocenters. The fourth-order valence-electron chi connectivity index (χ4n) is 4.88. The summed E-state index contributed by atoms with van der Waals surface area (Å²) < 4.78 is 31.6. The quantitative estimate of drug-likeness (QED) is 0.385. The molecule has 198 valence electrons. The number of carbonyl (C=O) groups excluding carboxylic acids is 1. The smallest absolute Gasteiger partial charge is 0.236 e. The van der Waals surface area contributed by atoms with E-state index in [0.29, 0.717) is 35.8 Å². The van der Waals surface area contributed by atoms with Crippen molar-refractivity contribution in [2.75, 3.05) is 31.5 Å². The largest absolute Gasteiger partial charge is 0.341 e. The molecular formula is C27H30F2N8O. The summed E-state index contributed by atoms with van der Waals surface area (Å²) in [6, 6.07) is 6.69. The number of hydrogen-bond acceptors (Lipinski definition) is 7. The number of aromatic nitrogens is 5. The highest BCUT2D eigenvalue weighted by Crippen LogP contribution is 2.30. The molecule has 4 aromatic rings. The second kappa shape index (κ2) is 10.4. The number of benzene rings is 1. The molecule has 0 bridgehead atoms. The number of hydrogen-bond donors (Lipinski definition) is 1. The van der Waals surface area contributed by atoms with E-state index in [0.717, 1.165) is 31.4 Å². The van der Waals surface area contributed by atoms with Crippen LogP contribution in [0.4, 0.5) is 20.5 Å². The van der Waals surface area contributed by atoms with Gasteiger partial charge in [-0.15, -0.1) is 0 Å². The molecule has 11 heteroatoms. The minimum absolute atomic E-state index is 0.0232. The number of carbonyl (C=O) groups is 1. The SMILES string of the molecule is CCN1CCN(Cc2ccc(Nc3ncc(F)c(-c4cc(F)c5nc(C)n(C(C)C)c5c4)n3)nc2)CC1=O. The maximum Gasteiger partial charge on any atom is 0.236 e. The standard InChI is InChI=1S/C27H30F2N8O/c1-5-36-9-8-35(15-24(36)38)14-18-6-7-23(30-12-18)33-27-31-13-21(29)25(34-27)19-10-20(28)26-22(11-19)37(16(2)3)17(4)32-26/h6-7,10-13,16H,5,8-9,14-15H2,1-4H3,(H,30,31,33,34). The summed E-state index contributed by atoms with van der Waals surface area (Å²) >= 11 is 0. The van der Waals surface area contributed by atoms with Gasteiger partial charge in [-0.05, 0) is 51.5 Å². The number of halogens is 2. The third-order valence-electron chi connectivity index (χ3n) is 6.71. The normalized spacial score (nSPS) is 14.6. The van der Waals surface area contributed by atoms with E-state index >= 15 is 0 Å². The summed E-state index contributed by atoms with van der Waals surface area (Å²) in [6.07, 6.45) is 2.78. The number of piperazine rings is 1. The Kier molecular flexibility index (Phi) is 7.02. The molecule has 1 saturated heterocycles. The molecule has 4 heterocycles. The highest BCUT2D eigenvalue weighted by atomic mass is 19.1. The van der Waals surface area contributed by atoms with Crippen LogP contribution in [-0.4, -0.2) is 66.4 Å². The average molecular weight is 521 g/mol. The van der Waals surface area contributed by atoms with Crippen molar-refractivity contribution in [2.24, 2.45) is 0 Å². The van der Waals surface area contributed by atoms with E-state index < -0.39 is 11.6 Å². The van der Waals surface area contributed by atoms with Crippen molar-refractivity contribution < 1.29 is 13.6 Å². The van der Waals surface area contributed by atoms with Crippen molar-refractivity contribution in [3.05, 3.63) is 59.7 Å². The Morgan fingerprint density at radius 3 is 2.55 bits per heavy atom. The topological polar surface area (TPSA) is 92.1 Å². The predicted octanol–water partition coefficient (Wildman–Crippen LogP) is 4.46. The van der Waals surface area contributed by atoms with Crippen molar-refractivity contribution in [1.82, 2.24) is 34.3 Å². The van der Waals surface area contributed by atoms with Gasteiger partial charge in [0.1, 0.15) is 22.9 Å². The molecule has 1 aromatic carbocycles. The summed E-state index contributed by atoms with van der Waals surface area (Å²) in [5, 5.41) is 2.99. The first kappa shape index (κ1) is 25.7. The number of nitrogens with zero attached hydrogens (tertiary/aromatic N) is 7. The summed E-state index contributed by atoms with van der Waals surface area (Å²) in [4.78, 5) is 33.2. The van der Waals surface area contributed by atoms with Crippen LogP contribution in [0.1, 0.15) is 38.2 Å². The number of imidazole rings is 1. The van der Waals surface area contributed by atoms with Crippen LogP contribution < -0.4 is 5.32 Å². The van der Waals surface area contributed by atoms with Gasteiger partial charge in [0.25, 0.3) is 0 Å². The Hall–Kier alpha value is -3.99. The van der Waals surface area contributed by atoms with Gasteiger partial charge in [-0.2, -0.15) is 0 Å². The van der Waals surface area contributed by atoms with Crippen molar-refractivity contribution in [2.45, 2.75) is 40.3 Å². The van der Waals surface area contributed by atoms with Crippen molar-refractivity contribution >= 4 is 28.7 Å². The molecule has 0 saturated carbocycles. The van der Waals surface area contributed by atoms with Crippen LogP contribution >= 0.6 is 0 Å². The van der Waals surface area contributed by atoms with E-state index in [1.165, 1.54) is 6.07 Å². The summed E-state index contributed by atoms with van der Waals surface area (Å²) in [5.74, 6) is 0.230. The summed E-state index contributed by atoms with van der Waals surface area (Å²) in [5.41, 5.74) is 2.06. The van der Waals surface area contributed by atoms with Crippen molar-refractivity contribution in [1.29, 1.82) is 0 Å². The van der Waals surface area contributed by atoms with Gasteiger partial charge in [-0.1, -0.05) is 6.07 Å². The maximum absolute atomic E-state index is 14.9. The second-order valence-electron chi connectivity index (χ2n) is 9.70. The van der Waals surface area contributed by atoms with Crippen molar-refractivity contribution in [3.8, 4) is 11.3 Å². The molecule has 1 fully saturated rings. The van der Waals surface area contributed by atoms with Gasteiger partial charge in [0.15, 0.2) is 11.6 Å². The Labute approximate surface area is 219 Å². The molecule has 9 nitrogen and oxygen atoms in total. The van der Waals surface area contributed by atoms with Crippen LogP contribution in [0.3, 0.4) is 0 Å². The molecule has 0 radical (unpaired) electrons. The lowest BCUT2D eigenvalue weighted by atomic mass is 10.1. The zero-order chi connectivity index (χ0) is 27.0. The van der Waals surface area contributed by atoms with Gasteiger partial charge < -0.3 is 14.8 Å². The lowest BCUT2D eigenvalue weighted by molar-refractivity contribution is -0.135. The predicted molar refractivity (Wildman–Crippen MR) is 141 cm³/mol. The Morgan fingerprint density at radius 2 is 1.87 bits per heavy atom. The maximum atomic E-state index is 14.9. The average Bonchev–Trinajstić information content (AvgIpc) is 3.23. The van der Waals surface area contributed by atoms with Gasteiger partial charge >= 0.3 is 0 Å². The molecule has 0 aliphatic carbocycles. The third-order valence-corrected chi connectivity index (χ3v) is 6.71. The molecular weight excluding hydrogens is 490 g/mol. The van der Waals surface area contributed by atoms with E-state index in [4.69, 9.17) is 0 Å². The fourth-order valence-corrected chi connectivity index (χ4v) is 4.88. The minimum Gasteiger partial charge on any atom is -0.341 e. The van der Waals surface area contributed by atoms with Crippen LogP contribution in [0.2, 0.25) is 0 Å². The van der Waals surface area contributed by atoms with E-state index in [1.807, 2.05) is 43.2 Å². The first-order valence-corrected chi connectivity index (χ1v) is 12.7. The van der Waals surface area contributed by atoms with E-state index in [1.54, 1.807) is 18.3 Å². The molecule has 0 atom stereocenters. The van der Waals surface area contributed by atoms with E-state index in [-0.39, 0.29) is 29.1 Å². The monoisotopic (exact) mass is 520 g/mol. The van der Waals surface area contributed by atoms with Crippen LogP contribution in [0.25, 0.3) is 22.3 Å².